The van der Waals surface area contributed by atoms with E-state index in [4.69, 9.17) is 14.6 Å². The lowest BCUT2D eigenvalue weighted by Gasteiger charge is -2.06. The Kier molecular flexibility index (Phi) is 2.24. The molecule has 0 saturated heterocycles. The summed E-state index contributed by atoms with van der Waals surface area (Å²) in [5.74, 6) is 1.02. The summed E-state index contributed by atoms with van der Waals surface area (Å²) in [5.41, 5.74) is 2.31. The Balaban J connectivity index is 1.78. The van der Waals surface area contributed by atoms with E-state index in [0.29, 0.717) is 0 Å². The minimum absolute atomic E-state index is 0.153. The number of hydrogen-bond acceptors (Lipinski definition) is 3. The molecular weight excluding hydrogens is 220 g/mol. The molecule has 0 aromatic heterocycles. The van der Waals surface area contributed by atoms with Crippen molar-refractivity contribution < 1.29 is 19.4 Å². The summed E-state index contributed by atoms with van der Waals surface area (Å²) >= 11 is 0. The standard InChI is InChI=1S/C13H14O4/c1-7-2-11-12(17-6-16-11)5-8(7)3-9-4-10(9)13(14)15/h2,5,9-10H,3-4,6H2,1H3,(H,14,15). The summed E-state index contributed by atoms with van der Waals surface area (Å²) in [4.78, 5) is 10.8. The molecule has 17 heavy (non-hydrogen) atoms. The fraction of sp³-hybridized carbons (Fsp3) is 0.462. The van der Waals surface area contributed by atoms with Crippen LogP contribution in [0.15, 0.2) is 12.1 Å². The van der Waals surface area contributed by atoms with Gasteiger partial charge in [-0.15, -0.1) is 0 Å². The van der Waals surface area contributed by atoms with E-state index >= 15 is 0 Å². The van der Waals surface area contributed by atoms with Crippen LogP contribution in [0.2, 0.25) is 0 Å². The molecule has 1 aliphatic carbocycles. The number of benzene rings is 1. The number of carboxylic acid groups (broad SMARTS) is 1. The van der Waals surface area contributed by atoms with Crippen molar-refractivity contribution in [3.63, 3.8) is 0 Å². The number of fused-ring (bicyclic) bond motifs is 1. The first-order valence-electron chi connectivity index (χ1n) is 5.77. The van der Waals surface area contributed by atoms with Crippen LogP contribution in [-0.4, -0.2) is 17.9 Å². The summed E-state index contributed by atoms with van der Waals surface area (Å²) in [6.45, 7) is 2.30. The van der Waals surface area contributed by atoms with Crippen LogP contribution in [0.1, 0.15) is 17.5 Å². The van der Waals surface area contributed by atoms with Crippen LogP contribution in [0.25, 0.3) is 0 Å². The first-order chi connectivity index (χ1) is 8.15. The van der Waals surface area contributed by atoms with Gasteiger partial charge >= 0.3 is 5.97 Å². The molecule has 2 unspecified atom stereocenters. The van der Waals surface area contributed by atoms with Crippen molar-refractivity contribution in [3.8, 4) is 11.5 Å². The van der Waals surface area contributed by atoms with Gasteiger partial charge in [-0.2, -0.15) is 0 Å². The predicted octanol–water partition coefficient (Wildman–Crippen LogP) is 1.99. The molecule has 4 heteroatoms. The van der Waals surface area contributed by atoms with Gasteiger partial charge < -0.3 is 14.6 Å². The lowest BCUT2D eigenvalue weighted by atomic mass is 10.0. The minimum atomic E-state index is -0.673. The number of rotatable bonds is 3. The van der Waals surface area contributed by atoms with Crippen molar-refractivity contribution in [2.24, 2.45) is 11.8 Å². The summed E-state index contributed by atoms with van der Waals surface area (Å²) in [5, 5.41) is 8.88. The summed E-state index contributed by atoms with van der Waals surface area (Å²) in [6, 6.07) is 3.95. The van der Waals surface area contributed by atoms with E-state index in [1.807, 2.05) is 19.1 Å². The van der Waals surface area contributed by atoms with Crippen LogP contribution >= 0.6 is 0 Å². The molecule has 1 aromatic carbocycles. The lowest BCUT2D eigenvalue weighted by Crippen LogP contribution is -2.02. The van der Waals surface area contributed by atoms with Gasteiger partial charge in [-0.25, -0.2) is 0 Å². The van der Waals surface area contributed by atoms with Crippen LogP contribution < -0.4 is 9.47 Å². The average molecular weight is 234 g/mol. The highest BCUT2D eigenvalue weighted by atomic mass is 16.7. The lowest BCUT2D eigenvalue weighted by molar-refractivity contribution is -0.138. The van der Waals surface area contributed by atoms with Gasteiger partial charge in [0.1, 0.15) is 0 Å². The largest absolute Gasteiger partial charge is 0.481 e. The maximum Gasteiger partial charge on any atom is 0.306 e. The third-order valence-corrected chi connectivity index (χ3v) is 3.55. The van der Waals surface area contributed by atoms with Crippen molar-refractivity contribution in [3.05, 3.63) is 23.3 Å². The molecule has 3 rings (SSSR count). The molecule has 0 bridgehead atoms. The Bertz CT molecular complexity index is 481. The molecule has 2 aliphatic rings. The Morgan fingerprint density at radius 3 is 2.76 bits per heavy atom. The number of aryl methyl sites for hydroxylation is 1. The molecule has 1 aliphatic heterocycles. The number of aliphatic carboxylic acids is 1. The first kappa shape index (κ1) is 10.4. The van der Waals surface area contributed by atoms with Crippen LogP contribution in [0.3, 0.4) is 0 Å². The number of hydrogen-bond donors (Lipinski definition) is 1. The van der Waals surface area contributed by atoms with E-state index < -0.39 is 5.97 Å². The number of carbonyl (C=O) groups is 1. The van der Waals surface area contributed by atoms with Gasteiger partial charge in [-0.05, 0) is 48.9 Å². The molecule has 0 radical (unpaired) electrons. The van der Waals surface area contributed by atoms with Crippen molar-refractivity contribution >= 4 is 5.97 Å². The Hall–Kier alpha value is -1.71. The smallest absolute Gasteiger partial charge is 0.306 e. The van der Waals surface area contributed by atoms with Gasteiger partial charge in [-0.3, -0.25) is 4.79 Å². The molecule has 1 N–H and O–H groups in total. The number of ether oxygens (including phenoxy) is 2. The van der Waals surface area contributed by atoms with E-state index in [2.05, 4.69) is 0 Å². The topological polar surface area (TPSA) is 55.8 Å². The first-order valence-corrected chi connectivity index (χ1v) is 5.77. The predicted molar refractivity (Wildman–Crippen MR) is 60.2 cm³/mol. The maximum absolute atomic E-state index is 10.8. The summed E-state index contributed by atoms with van der Waals surface area (Å²) in [6.07, 6.45) is 1.61. The van der Waals surface area contributed by atoms with Gasteiger partial charge in [0.25, 0.3) is 0 Å². The van der Waals surface area contributed by atoms with Crippen molar-refractivity contribution in [1.29, 1.82) is 0 Å². The second-order valence-electron chi connectivity index (χ2n) is 4.78. The molecule has 90 valence electrons. The second-order valence-corrected chi connectivity index (χ2v) is 4.78. The third-order valence-electron chi connectivity index (χ3n) is 3.55. The van der Waals surface area contributed by atoms with Gasteiger partial charge in [0.15, 0.2) is 11.5 Å². The molecule has 1 aromatic rings. The van der Waals surface area contributed by atoms with Gasteiger partial charge in [0, 0.05) is 0 Å². The van der Waals surface area contributed by atoms with E-state index in [1.165, 1.54) is 5.56 Å². The fourth-order valence-corrected chi connectivity index (χ4v) is 2.36. The molecule has 1 fully saturated rings. The fourth-order valence-electron chi connectivity index (χ4n) is 2.36. The second kappa shape index (κ2) is 3.65. The van der Waals surface area contributed by atoms with Crippen molar-refractivity contribution in [2.45, 2.75) is 19.8 Å². The Morgan fingerprint density at radius 2 is 2.12 bits per heavy atom. The Labute approximate surface area is 99.2 Å². The zero-order valence-electron chi connectivity index (χ0n) is 9.60. The molecule has 0 amide bonds. The quantitative estimate of drug-likeness (QED) is 0.868. The van der Waals surface area contributed by atoms with E-state index in [0.717, 1.165) is 29.9 Å². The number of carboxylic acids is 1. The minimum Gasteiger partial charge on any atom is -0.481 e. The van der Waals surface area contributed by atoms with Crippen LogP contribution in [0.5, 0.6) is 11.5 Å². The highest BCUT2D eigenvalue weighted by Gasteiger charge is 2.43. The molecule has 2 atom stereocenters. The highest BCUT2D eigenvalue weighted by molar-refractivity contribution is 5.73. The molecule has 1 saturated carbocycles. The average Bonchev–Trinajstić information content (AvgIpc) is 2.90. The molecule has 0 spiro atoms. The normalized spacial score (nSPS) is 24.8. The SMILES string of the molecule is Cc1cc2c(cc1CC1CC1C(=O)O)OCO2. The molecule has 4 nitrogen and oxygen atoms in total. The maximum atomic E-state index is 10.8. The third kappa shape index (κ3) is 1.84. The summed E-state index contributed by atoms with van der Waals surface area (Å²) in [7, 11) is 0. The van der Waals surface area contributed by atoms with Gasteiger partial charge in [-0.1, -0.05) is 0 Å². The van der Waals surface area contributed by atoms with E-state index in [1.54, 1.807) is 0 Å². The van der Waals surface area contributed by atoms with Crippen molar-refractivity contribution in [2.75, 3.05) is 6.79 Å². The molecule has 1 heterocycles. The molecular formula is C13H14O4. The zero-order valence-corrected chi connectivity index (χ0v) is 9.60. The monoisotopic (exact) mass is 234 g/mol. The Morgan fingerprint density at radius 1 is 1.41 bits per heavy atom. The zero-order chi connectivity index (χ0) is 12.0. The highest BCUT2D eigenvalue weighted by Crippen LogP contribution is 2.43. The van der Waals surface area contributed by atoms with Crippen LogP contribution in [0, 0.1) is 18.8 Å². The summed E-state index contributed by atoms with van der Waals surface area (Å²) < 4.78 is 10.6. The van der Waals surface area contributed by atoms with E-state index in [9.17, 15) is 4.79 Å². The van der Waals surface area contributed by atoms with Gasteiger partial charge in [0.05, 0.1) is 5.92 Å². The van der Waals surface area contributed by atoms with Crippen LogP contribution in [-0.2, 0) is 11.2 Å². The van der Waals surface area contributed by atoms with E-state index in [-0.39, 0.29) is 18.6 Å². The van der Waals surface area contributed by atoms with Crippen molar-refractivity contribution in [1.82, 2.24) is 0 Å². The van der Waals surface area contributed by atoms with Gasteiger partial charge in [0.2, 0.25) is 6.79 Å². The van der Waals surface area contributed by atoms with Crippen LogP contribution in [0.4, 0.5) is 0 Å².